The molecule has 25 heavy (non-hydrogen) atoms. The fourth-order valence-corrected chi connectivity index (χ4v) is 3.54. The minimum absolute atomic E-state index is 0.109. The van der Waals surface area contributed by atoms with Gasteiger partial charge in [-0.1, -0.05) is 6.58 Å². The van der Waals surface area contributed by atoms with E-state index in [1.807, 2.05) is 0 Å². The van der Waals surface area contributed by atoms with Gasteiger partial charge in [0.25, 0.3) is 0 Å². The van der Waals surface area contributed by atoms with E-state index in [2.05, 4.69) is 11.3 Å². The van der Waals surface area contributed by atoms with Crippen LogP contribution in [0.1, 0.15) is 32.6 Å². The Labute approximate surface area is 139 Å². The second-order valence-corrected chi connectivity index (χ2v) is 6.81. The zero-order valence-corrected chi connectivity index (χ0v) is 13.3. The minimum atomic E-state index is -6.13. The van der Waals surface area contributed by atoms with Gasteiger partial charge in [0.05, 0.1) is 12.2 Å². The summed E-state index contributed by atoms with van der Waals surface area (Å²) in [7, 11) is 0. The van der Waals surface area contributed by atoms with E-state index in [9.17, 15) is 31.1 Å². The number of halogens is 6. The van der Waals surface area contributed by atoms with Crippen LogP contribution in [0.15, 0.2) is 12.2 Å². The zero-order valence-electron chi connectivity index (χ0n) is 13.3. The molecule has 144 valence electrons. The molecule has 0 aliphatic heterocycles. The van der Waals surface area contributed by atoms with Crippen molar-refractivity contribution in [1.82, 2.24) is 0 Å². The van der Waals surface area contributed by atoms with Crippen molar-refractivity contribution in [2.75, 3.05) is 6.61 Å². The van der Waals surface area contributed by atoms with E-state index in [1.54, 1.807) is 6.92 Å². The second-order valence-electron chi connectivity index (χ2n) is 6.81. The van der Waals surface area contributed by atoms with Crippen LogP contribution in [0, 0.1) is 11.8 Å². The average Bonchev–Trinajstić information content (AvgIpc) is 3.01. The van der Waals surface area contributed by atoms with Gasteiger partial charge in [0.2, 0.25) is 0 Å². The van der Waals surface area contributed by atoms with Gasteiger partial charge < -0.3 is 14.6 Å². The molecule has 1 N–H and O–H groups in total. The van der Waals surface area contributed by atoms with Gasteiger partial charge in [-0.25, -0.2) is 4.79 Å². The van der Waals surface area contributed by atoms with Crippen LogP contribution in [0.3, 0.4) is 0 Å². The number of esters is 1. The van der Waals surface area contributed by atoms with Crippen molar-refractivity contribution in [2.24, 2.45) is 11.8 Å². The summed E-state index contributed by atoms with van der Waals surface area (Å²) in [5, 5.41) is 8.87. The normalized spacial score (nSPS) is 29.8. The Balaban J connectivity index is 1.98. The molecule has 2 fully saturated rings. The van der Waals surface area contributed by atoms with Crippen LogP contribution in [0.2, 0.25) is 0 Å². The van der Waals surface area contributed by atoms with Crippen molar-refractivity contribution in [2.45, 2.75) is 56.3 Å². The highest BCUT2D eigenvalue weighted by atomic mass is 19.4. The maximum absolute atomic E-state index is 12.5. The van der Waals surface area contributed by atoms with E-state index in [0.717, 1.165) is 19.3 Å². The molecule has 2 rings (SSSR count). The summed E-state index contributed by atoms with van der Waals surface area (Å²) in [4.78, 5) is 12.0. The maximum Gasteiger partial charge on any atom is 0.453 e. The lowest BCUT2D eigenvalue weighted by Crippen LogP contribution is -2.59. The van der Waals surface area contributed by atoms with Crippen molar-refractivity contribution in [1.29, 1.82) is 0 Å². The molecule has 0 aromatic rings. The zero-order chi connectivity index (χ0) is 19.3. The summed E-state index contributed by atoms with van der Waals surface area (Å²) in [6, 6.07) is 0. The van der Waals surface area contributed by atoms with E-state index < -0.39 is 41.9 Å². The van der Waals surface area contributed by atoms with Crippen LogP contribution in [0.4, 0.5) is 26.3 Å². The standard InChI is InChI=1S/C15H18F6O4/c1-8(7-24-13(23,14(16,17)18)15(19,20)21)11(22)25-12(2)6-9-3-4-10(12)5-9/h9-10,23H,1,3-7H2,2H3. The van der Waals surface area contributed by atoms with Crippen molar-refractivity contribution in [3.05, 3.63) is 12.2 Å². The first-order valence-electron chi connectivity index (χ1n) is 7.60. The number of alkyl halides is 6. The van der Waals surface area contributed by atoms with E-state index in [4.69, 9.17) is 9.84 Å². The van der Waals surface area contributed by atoms with Crippen molar-refractivity contribution < 1.29 is 45.7 Å². The Kier molecular flexibility index (Phi) is 4.93. The van der Waals surface area contributed by atoms with Gasteiger partial charge in [-0.3, -0.25) is 0 Å². The van der Waals surface area contributed by atoms with E-state index in [1.165, 1.54) is 0 Å². The van der Waals surface area contributed by atoms with Crippen LogP contribution in [0.25, 0.3) is 0 Å². The molecule has 0 spiro atoms. The summed E-state index contributed by atoms with van der Waals surface area (Å²) in [6.45, 7) is 3.32. The molecule has 2 aliphatic carbocycles. The molecular formula is C15H18F6O4. The van der Waals surface area contributed by atoms with Crippen molar-refractivity contribution in [3.63, 3.8) is 0 Å². The number of fused-ring (bicyclic) bond motifs is 2. The Hall–Kier alpha value is -1.29. The third kappa shape index (κ3) is 3.64. The largest absolute Gasteiger partial charge is 0.456 e. The number of carbonyl (C=O) groups is 1. The van der Waals surface area contributed by atoms with E-state index >= 15 is 0 Å². The molecule has 0 saturated heterocycles. The molecule has 0 heterocycles. The highest BCUT2D eigenvalue weighted by Gasteiger charge is 2.72. The number of rotatable bonds is 5. The number of hydrogen-bond donors (Lipinski definition) is 1. The molecule has 3 unspecified atom stereocenters. The van der Waals surface area contributed by atoms with Gasteiger partial charge in [0.15, 0.2) is 0 Å². The monoisotopic (exact) mass is 376 g/mol. The summed E-state index contributed by atoms with van der Waals surface area (Å²) in [5.74, 6) is -6.02. The third-order valence-corrected chi connectivity index (χ3v) is 4.94. The number of ether oxygens (including phenoxy) is 2. The first kappa shape index (κ1) is 20.0. The Morgan fingerprint density at radius 2 is 1.76 bits per heavy atom. The van der Waals surface area contributed by atoms with Crippen LogP contribution in [0.5, 0.6) is 0 Å². The lowest BCUT2D eigenvalue weighted by atomic mass is 9.85. The van der Waals surface area contributed by atoms with Crippen LogP contribution in [-0.4, -0.2) is 41.4 Å². The number of aliphatic hydroxyl groups is 1. The Morgan fingerprint density at radius 1 is 1.20 bits per heavy atom. The molecule has 2 bridgehead atoms. The number of carbonyl (C=O) groups excluding carboxylic acids is 1. The predicted octanol–water partition coefficient (Wildman–Crippen LogP) is 3.49. The first-order valence-corrected chi connectivity index (χ1v) is 7.60. The average molecular weight is 376 g/mol. The molecule has 3 atom stereocenters. The topological polar surface area (TPSA) is 55.8 Å². The van der Waals surface area contributed by atoms with Gasteiger partial charge in [0.1, 0.15) is 5.60 Å². The highest BCUT2D eigenvalue weighted by molar-refractivity contribution is 5.88. The molecule has 0 amide bonds. The van der Waals surface area contributed by atoms with E-state index in [0.29, 0.717) is 12.3 Å². The van der Waals surface area contributed by atoms with Gasteiger partial charge in [-0.15, -0.1) is 0 Å². The molecule has 2 saturated carbocycles. The predicted molar refractivity (Wildman–Crippen MR) is 72.1 cm³/mol. The SMILES string of the molecule is C=C(COC(O)(C(F)(F)F)C(F)(F)F)C(=O)OC1(C)CC2CCC1C2. The van der Waals surface area contributed by atoms with E-state index in [-0.39, 0.29) is 5.92 Å². The van der Waals surface area contributed by atoms with Crippen LogP contribution in [-0.2, 0) is 14.3 Å². The Morgan fingerprint density at radius 3 is 2.16 bits per heavy atom. The summed E-state index contributed by atoms with van der Waals surface area (Å²) in [6.07, 6.45) is -8.95. The molecular weight excluding hydrogens is 358 g/mol. The summed E-state index contributed by atoms with van der Waals surface area (Å²) < 4.78 is 83.9. The minimum Gasteiger partial charge on any atom is -0.456 e. The van der Waals surface area contributed by atoms with Gasteiger partial charge >= 0.3 is 24.1 Å². The lowest BCUT2D eigenvalue weighted by Gasteiger charge is -2.34. The fourth-order valence-electron chi connectivity index (χ4n) is 3.54. The fraction of sp³-hybridized carbons (Fsp3) is 0.800. The van der Waals surface area contributed by atoms with Crippen molar-refractivity contribution in [3.8, 4) is 0 Å². The van der Waals surface area contributed by atoms with Crippen LogP contribution >= 0.6 is 0 Å². The quantitative estimate of drug-likeness (QED) is 0.345. The molecule has 4 nitrogen and oxygen atoms in total. The molecule has 0 radical (unpaired) electrons. The summed E-state index contributed by atoms with van der Waals surface area (Å²) in [5.41, 5.74) is -1.55. The third-order valence-electron chi connectivity index (χ3n) is 4.94. The first-order chi connectivity index (χ1) is 11.2. The highest BCUT2D eigenvalue weighted by Crippen LogP contribution is 2.52. The number of hydrogen-bond acceptors (Lipinski definition) is 4. The smallest absolute Gasteiger partial charge is 0.453 e. The van der Waals surface area contributed by atoms with Crippen molar-refractivity contribution >= 4 is 5.97 Å². The van der Waals surface area contributed by atoms with Gasteiger partial charge in [-0.05, 0) is 44.4 Å². The second kappa shape index (κ2) is 6.15. The van der Waals surface area contributed by atoms with Crippen LogP contribution < -0.4 is 0 Å². The summed E-state index contributed by atoms with van der Waals surface area (Å²) >= 11 is 0. The molecule has 2 aliphatic rings. The molecule has 0 aromatic carbocycles. The lowest BCUT2D eigenvalue weighted by molar-refractivity contribution is -0.455. The molecule has 10 heteroatoms. The molecule has 0 aromatic heterocycles. The van der Waals surface area contributed by atoms with Gasteiger partial charge in [0, 0.05) is 0 Å². The maximum atomic E-state index is 12.5. The van der Waals surface area contributed by atoms with Gasteiger partial charge in [-0.2, -0.15) is 26.3 Å². The Bertz CT molecular complexity index is 541.